The van der Waals surface area contributed by atoms with Gasteiger partial charge in [-0.15, -0.1) is 5.10 Å². The highest BCUT2D eigenvalue weighted by atomic mass is 35.5. The molecule has 2 heterocycles. The molecule has 0 atom stereocenters. The molecule has 29 heavy (non-hydrogen) atoms. The number of anilines is 1. The summed E-state index contributed by atoms with van der Waals surface area (Å²) in [6.07, 6.45) is 1.17. The van der Waals surface area contributed by atoms with E-state index in [2.05, 4.69) is 20.6 Å². The molecule has 1 N–H and O–H groups in total. The SMILES string of the molecule is O=C(Cn1cnc2c(nnn2-c2ccc(Cl)cc2)c1=O)Nc1ccc(F)cc1F. The number of amides is 1. The summed E-state index contributed by atoms with van der Waals surface area (Å²) in [5.41, 5.74) is -0.0232. The minimum Gasteiger partial charge on any atom is -0.322 e. The number of nitrogens with zero attached hydrogens (tertiary/aromatic N) is 5. The van der Waals surface area contributed by atoms with Crippen LogP contribution in [0.4, 0.5) is 14.5 Å². The molecular formula is C18H11ClF2N6O2. The van der Waals surface area contributed by atoms with Crippen LogP contribution in [0.2, 0.25) is 5.02 Å². The zero-order valence-electron chi connectivity index (χ0n) is 14.5. The maximum atomic E-state index is 13.7. The molecule has 4 rings (SSSR count). The average Bonchev–Trinajstić information content (AvgIpc) is 3.12. The molecule has 8 nitrogen and oxygen atoms in total. The summed E-state index contributed by atoms with van der Waals surface area (Å²) in [5, 5.41) is 10.6. The fraction of sp³-hybridized carbons (Fsp3) is 0.0556. The molecule has 0 saturated carbocycles. The highest BCUT2D eigenvalue weighted by Crippen LogP contribution is 2.16. The lowest BCUT2D eigenvalue weighted by Crippen LogP contribution is -2.28. The van der Waals surface area contributed by atoms with Crippen molar-refractivity contribution in [2.45, 2.75) is 6.54 Å². The Balaban J connectivity index is 1.60. The Kier molecular flexibility index (Phi) is 4.77. The normalized spacial score (nSPS) is 11.0. The van der Waals surface area contributed by atoms with Crippen LogP contribution in [0, 0.1) is 11.6 Å². The Morgan fingerprint density at radius 1 is 1.14 bits per heavy atom. The maximum Gasteiger partial charge on any atom is 0.284 e. The molecule has 1 amide bonds. The van der Waals surface area contributed by atoms with Gasteiger partial charge in [0.2, 0.25) is 5.91 Å². The summed E-state index contributed by atoms with van der Waals surface area (Å²) in [4.78, 5) is 28.9. The summed E-state index contributed by atoms with van der Waals surface area (Å²) >= 11 is 5.87. The van der Waals surface area contributed by atoms with Gasteiger partial charge >= 0.3 is 0 Å². The highest BCUT2D eigenvalue weighted by molar-refractivity contribution is 6.30. The molecule has 0 unspecified atom stereocenters. The zero-order valence-corrected chi connectivity index (χ0v) is 15.3. The van der Waals surface area contributed by atoms with Crippen LogP contribution in [0.1, 0.15) is 0 Å². The second-order valence-corrected chi connectivity index (χ2v) is 6.44. The lowest BCUT2D eigenvalue weighted by Gasteiger charge is -2.08. The predicted octanol–water partition coefficient (Wildman–Crippen LogP) is 2.55. The molecule has 4 aromatic rings. The molecule has 0 saturated heterocycles. The number of halogens is 3. The van der Waals surface area contributed by atoms with Crippen LogP contribution in [-0.2, 0) is 11.3 Å². The summed E-state index contributed by atoms with van der Waals surface area (Å²) in [6, 6.07) is 9.43. The molecule has 146 valence electrons. The van der Waals surface area contributed by atoms with E-state index < -0.39 is 29.6 Å². The second-order valence-electron chi connectivity index (χ2n) is 6.00. The van der Waals surface area contributed by atoms with E-state index in [4.69, 9.17) is 11.6 Å². The van der Waals surface area contributed by atoms with Crippen LogP contribution in [-0.4, -0.2) is 30.5 Å². The van der Waals surface area contributed by atoms with Crippen molar-refractivity contribution < 1.29 is 13.6 Å². The van der Waals surface area contributed by atoms with Crippen LogP contribution in [0.25, 0.3) is 16.9 Å². The van der Waals surface area contributed by atoms with Gasteiger partial charge in [0.25, 0.3) is 5.56 Å². The van der Waals surface area contributed by atoms with Gasteiger partial charge < -0.3 is 5.32 Å². The van der Waals surface area contributed by atoms with Gasteiger partial charge in [0.05, 0.1) is 11.4 Å². The largest absolute Gasteiger partial charge is 0.322 e. The zero-order chi connectivity index (χ0) is 20.5. The smallest absolute Gasteiger partial charge is 0.284 e. The van der Waals surface area contributed by atoms with E-state index in [-0.39, 0.29) is 16.9 Å². The number of hydrogen-bond donors (Lipinski definition) is 1. The standard InChI is InChI=1S/C18H11ClF2N6O2/c19-10-1-4-12(5-2-10)27-17-16(24-25-27)18(29)26(9-22-17)8-15(28)23-14-6-3-11(20)7-13(14)21/h1-7,9H,8H2,(H,23,28). The van der Waals surface area contributed by atoms with Gasteiger partial charge in [0, 0.05) is 11.1 Å². The number of carbonyl (C=O) groups excluding carboxylic acids is 1. The van der Waals surface area contributed by atoms with E-state index in [9.17, 15) is 18.4 Å². The average molecular weight is 417 g/mol. The van der Waals surface area contributed by atoms with Crippen LogP contribution in [0.5, 0.6) is 0 Å². The number of nitrogens with one attached hydrogen (secondary N) is 1. The quantitative estimate of drug-likeness (QED) is 0.551. The Bertz CT molecular complexity index is 1290. The summed E-state index contributed by atoms with van der Waals surface area (Å²) in [7, 11) is 0. The van der Waals surface area contributed by atoms with E-state index in [1.54, 1.807) is 24.3 Å². The fourth-order valence-corrected chi connectivity index (χ4v) is 2.77. The monoisotopic (exact) mass is 416 g/mol. The van der Waals surface area contributed by atoms with Gasteiger partial charge in [-0.3, -0.25) is 14.2 Å². The third-order valence-electron chi connectivity index (χ3n) is 4.02. The minimum atomic E-state index is -0.926. The van der Waals surface area contributed by atoms with Crippen LogP contribution >= 0.6 is 11.6 Å². The first-order chi connectivity index (χ1) is 13.9. The Hall–Kier alpha value is -3.66. The van der Waals surface area contributed by atoms with Crippen LogP contribution in [0.3, 0.4) is 0 Å². The number of hydrogen-bond acceptors (Lipinski definition) is 5. The van der Waals surface area contributed by atoms with Gasteiger partial charge in [-0.25, -0.2) is 13.8 Å². The molecule has 0 fully saturated rings. The molecule has 0 bridgehead atoms. The Morgan fingerprint density at radius 3 is 2.62 bits per heavy atom. The molecule has 11 heteroatoms. The van der Waals surface area contributed by atoms with Gasteiger partial charge in [-0.05, 0) is 36.4 Å². The third-order valence-corrected chi connectivity index (χ3v) is 4.27. The highest BCUT2D eigenvalue weighted by Gasteiger charge is 2.15. The number of carbonyl (C=O) groups is 1. The first kappa shape index (κ1) is 18.7. The molecule has 0 aliphatic rings. The van der Waals surface area contributed by atoms with Gasteiger partial charge in [0.15, 0.2) is 11.2 Å². The van der Waals surface area contributed by atoms with E-state index in [1.165, 1.54) is 11.0 Å². The first-order valence-corrected chi connectivity index (χ1v) is 8.62. The predicted molar refractivity (Wildman–Crippen MR) is 101 cm³/mol. The van der Waals surface area contributed by atoms with Crippen molar-refractivity contribution in [1.29, 1.82) is 0 Å². The van der Waals surface area contributed by atoms with Gasteiger partial charge in [-0.2, -0.15) is 4.68 Å². The lowest BCUT2D eigenvalue weighted by atomic mass is 10.3. The van der Waals surface area contributed by atoms with Crippen LogP contribution < -0.4 is 10.9 Å². The summed E-state index contributed by atoms with van der Waals surface area (Å²) in [5.74, 6) is -2.39. The number of fused-ring (bicyclic) bond motifs is 1. The van der Waals surface area contributed by atoms with E-state index >= 15 is 0 Å². The summed E-state index contributed by atoms with van der Waals surface area (Å²) in [6.45, 7) is -0.438. The van der Waals surface area contributed by atoms with E-state index in [1.807, 2.05) is 0 Å². The molecule has 2 aromatic heterocycles. The first-order valence-electron chi connectivity index (χ1n) is 8.24. The Labute approximate surface area is 166 Å². The Morgan fingerprint density at radius 2 is 1.90 bits per heavy atom. The topological polar surface area (TPSA) is 94.7 Å². The third kappa shape index (κ3) is 3.69. The van der Waals surface area contributed by atoms with Crippen molar-refractivity contribution in [3.8, 4) is 5.69 Å². The lowest BCUT2D eigenvalue weighted by molar-refractivity contribution is -0.116. The van der Waals surface area contributed by atoms with Gasteiger partial charge in [-0.1, -0.05) is 16.8 Å². The van der Waals surface area contributed by atoms with Crippen molar-refractivity contribution in [2.75, 3.05) is 5.32 Å². The molecule has 0 radical (unpaired) electrons. The molecule has 0 spiro atoms. The van der Waals surface area contributed by atoms with Crippen LogP contribution in [0.15, 0.2) is 53.6 Å². The molecule has 0 aliphatic heterocycles. The maximum absolute atomic E-state index is 13.7. The number of rotatable bonds is 4. The molecule has 0 aliphatic carbocycles. The molecule has 2 aromatic carbocycles. The summed E-state index contributed by atoms with van der Waals surface area (Å²) < 4.78 is 29.0. The molecular weight excluding hydrogens is 406 g/mol. The van der Waals surface area contributed by atoms with Crippen molar-refractivity contribution in [2.24, 2.45) is 0 Å². The van der Waals surface area contributed by atoms with E-state index in [0.717, 1.165) is 16.7 Å². The van der Waals surface area contributed by atoms with Gasteiger partial charge in [0.1, 0.15) is 24.5 Å². The van der Waals surface area contributed by atoms with Crippen molar-refractivity contribution in [3.05, 3.63) is 75.8 Å². The van der Waals surface area contributed by atoms with Crippen molar-refractivity contribution >= 4 is 34.4 Å². The second kappa shape index (κ2) is 7.40. The number of benzene rings is 2. The number of aromatic nitrogens is 5. The van der Waals surface area contributed by atoms with E-state index in [0.29, 0.717) is 16.8 Å². The van der Waals surface area contributed by atoms with Crippen molar-refractivity contribution in [1.82, 2.24) is 24.5 Å². The van der Waals surface area contributed by atoms with Crippen molar-refractivity contribution in [3.63, 3.8) is 0 Å². The fourth-order valence-electron chi connectivity index (χ4n) is 2.65. The minimum absolute atomic E-state index is 0.0387.